The highest BCUT2D eigenvalue weighted by Crippen LogP contribution is 2.40. The van der Waals surface area contributed by atoms with Gasteiger partial charge in [0, 0.05) is 12.1 Å². The van der Waals surface area contributed by atoms with Crippen molar-refractivity contribution in [1.29, 1.82) is 0 Å². The highest BCUT2D eigenvalue weighted by atomic mass is 16.3. The molecule has 0 spiro atoms. The molecular weight excluding hydrogens is 342 g/mol. The predicted octanol–water partition coefficient (Wildman–Crippen LogP) is 3.78. The fourth-order valence-electron chi connectivity index (χ4n) is 3.33. The molecule has 1 aliphatic heterocycles. The Hall–Kier alpha value is -3.08. The SMILES string of the molecule is Cc1ccc(/C(O)=C2/C(=O)C(=O)N(CC(C)C)C2c2ccc(O)cc2)cc1. The molecule has 5 heteroatoms. The van der Waals surface area contributed by atoms with Crippen molar-refractivity contribution < 1.29 is 19.8 Å². The van der Waals surface area contributed by atoms with Crippen LogP contribution in [0.5, 0.6) is 5.75 Å². The molecular formula is C22H23NO4. The van der Waals surface area contributed by atoms with Gasteiger partial charge in [-0.3, -0.25) is 9.59 Å². The largest absolute Gasteiger partial charge is 0.508 e. The van der Waals surface area contributed by atoms with E-state index < -0.39 is 17.7 Å². The van der Waals surface area contributed by atoms with Gasteiger partial charge in [-0.1, -0.05) is 55.8 Å². The van der Waals surface area contributed by atoms with Crippen molar-refractivity contribution in [3.63, 3.8) is 0 Å². The van der Waals surface area contributed by atoms with Crippen LogP contribution in [0.1, 0.15) is 36.6 Å². The summed E-state index contributed by atoms with van der Waals surface area (Å²) in [4.78, 5) is 26.9. The van der Waals surface area contributed by atoms with E-state index in [1.807, 2.05) is 32.9 Å². The quantitative estimate of drug-likeness (QED) is 0.491. The van der Waals surface area contributed by atoms with E-state index in [9.17, 15) is 19.8 Å². The highest BCUT2D eigenvalue weighted by Gasteiger charge is 2.46. The van der Waals surface area contributed by atoms with E-state index in [0.29, 0.717) is 17.7 Å². The van der Waals surface area contributed by atoms with E-state index >= 15 is 0 Å². The number of benzene rings is 2. The van der Waals surface area contributed by atoms with Crippen molar-refractivity contribution in [2.24, 2.45) is 5.92 Å². The second kappa shape index (κ2) is 7.27. The third kappa shape index (κ3) is 3.58. The maximum Gasteiger partial charge on any atom is 0.295 e. The van der Waals surface area contributed by atoms with Gasteiger partial charge in [0.05, 0.1) is 11.6 Å². The second-order valence-corrected chi connectivity index (χ2v) is 7.30. The molecule has 1 heterocycles. The number of phenols is 1. The third-order valence-corrected chi connectivity index (χ3v) is 4.64. The molecule has 27 heavy (non-hydrogen) atoms. The van der Waals surface area contributed by atoms with Gasteiger partial charge in [0.2, 0.25) is 0 Å². The highest BCUT2D eigenvalue weighted by molar-refractivity contribution is 6.46. The van der Waals surface area contributed by atoms with E-state index in [1.54, 1.807) is 24.3 Å². The standard InChI is InChI=1S/C22H23NO4/c1-13(2)12-23-19(15-8-10-17(24)11-9-15)18(21(26)22(23)27)20(25)16-6-4-14(3)5-7-16/h4-11,13,19,24-25H,12H2,1-3H3/b20-18-. The average Bonchev–Trinajstić information content (AvgIpc) is 2.87. The van der Waals surface area contributed by atoms with Crippen LogP contribution in [0, 0.1) is 12.8 Å². The van der Waals surface area contributed by atoms with E-state index in [1.165, 1.54) is 17.0 Å². The van der Waals surface area contributed by atoms with Crippen molar-refractivity contribution in [2.45, 2.75) is 26.8 Å². The first-order valence-corrected chi connectivity index (χ1v) is 8.94. The zero-order valence-electron chi connectivity index (χ0n) is 15.6. The lowest BCUT2D eigenvalue weighted by Crippen LogP contribution is -2.33. The summed E-state index contributed by atoms with van der Waals surface area (Å²) in [7, 11) is 0. The summed E-state index contributed by atoms with van der Waals surface area (Å²) in [6.45, 7) is 6.25. The van der Waals surface area contributed by atoms with Crippen LogP contribution in [-0.2, 0) is 9.59 Å². The first kappa shape index (κ1) is 18.7. The number of likely N-dealkylation sites (tertiary alicyclic amines) is 1. The molecule has 0 saturated carbocycles. The number of ketones is 1. The number of carbonyl (C=O) groups is 2. The normalized spacial score (nSPS) is 19.1. The Morgan fingerprint density at radius 2 is 1.63 bits per heavy atom. The molecule has 0 aliphatic carbocycles. The summed E-state index contributed by atoms with van der Waals surface area (Å²) in [5.74, 6) is -1.24. The van der Waals surface area contributed by atoms with Gasteiger partial charge in [0.15, 0.2) is 0 Å². The minimum atomic E-state index is -0.688. The van der Waals surface area contributed by atoms with Crippen LogP contribution in [0.2, 0.25) is 0 Å². The third-order valence-electron chi connectivity index (χ3n) is 4.64. The molecule has 1 aliphatic rings. The lowest BCUT2D eigenvalue weighted by atomic mass is 9.94. The monoisotopic (exact) mass is 365 g/mol. The number of carbonyl (C=O) groups excluding carboxylic acids is 2. The van der Waals surface area contributed by atoms with E-state index in [2.05, 4.69) is 0 Å². The van der Waals surface area contributed by atoms with Crippen LogP contribution in [-0.4, -0.2) is 33.3 Å². The van der Waals surface area contributed by atoms with Crippen molar-refractivity contribution in [3.05, 3.63) is 70.8 Å². The van der Waals surface area contributed by atoms with Gasteiger partial charge in [-0.05, 0) is 30.5 Å². The molecule has 0 aromatic heterocycles. The molecule has 1 unspecified atom stereocenters. The van der Waals surface area contributed by atoms with E-state index in [4.69, 9.17) is 0 Å². The number of hydrogen-bond acceptors (Lipinski definition) is 4. The maximum atomic E-state index is 12.8. The average molecular weight is 365 g/mol. The first-order chi connectivity index (χ1) is 12.8. The molecule has 1 atom stereocenters. The number of aliphatic hydroxyl groups excluding tert-OH is 1. The Balaban J connectivity index is 2.17. The zero-order valence-corrected chi connectivity index (χ0v) is 15.6. The molecule has 2 aromatic rings. The lowest BCUT2D eigenvalue weighted by Gasteiger charge is -2.26. The minimum absolute atomic E-state index is 0.0789. The summed E-state index contributed by atoms with van der Waals surface area (Å²) < 4.78 is 0. The number of aliphatic hydroxyl groups is 1. The smallest absolute Gasteiger partial charge is 0.295 e. The molecule has 5 nitrogen and oxygen atoms in total. The van der Waals surface area contributed by atoms with Gasteiger partial charge in [-0.25, -0.2) is 0 Å². The number of rotatable bonds is 4. The fraction of sp³-hybridized carbons (Fsp3) is 0.273. The fourth-order valence-corrected chi connectivity index (χ4v) is 3.33. The maximum absolute atomic E-state index is 12.8. The van der Waals surface area contributed by atoms with Crippen LogP contribution in [0.4, 0.5) is 0 Å². The van der Waals surface area contributed by atoms with E-state index in [0.717, 1.165) is 5.56 Å². The molecule has 1 amide bonds. The van der Waals surface area contributed by atoms with Crippen LogP contribution >= 0.6 is 0 Å². The Kier molecular flexibility index (Phi) is 5.04. The Labute approximate surface area is 158 Å². The van der Waals surface area contributed by atoms with Crippen LogP contribution in [0.25, 0.3) is 5.76 Å². The molecule has 1 fully saturated rings. The first-order valence-electron chi connectivity index (χ1n) is 8.94. The van der Waals surface area contributed by atoms with Gasteiger partial charge in [-0.15, -0.1) is 0 Å². The number of aryl methyl sites for hydroxylation is 1. The number of phenolic OH excluding ortho intramolecular Hbond substituents is 1. The molecule has 1 saturated heterocycles. The van der Waals surface area contributed by atoms with E-state index in [-0.39, 0.29) is 23.0 Å². The Bertz CT molecular complexity index is 895. The number of nitrogens with zero attached hydrogens (tertiary/aromatic N) is 1. The molecule has 0 bridgehead atoms. The second-order valence-electron chi connectivity index (χ2n) is 7.30. The summed E-state index contributed by atoms with van der Waals surface area (Å²) >= 11 is 0. The Morgan fingerprint density at radius 3 is 2.19 bits per heavy atom. The molecule has 140 valence electrons. The van der Waals surface area contributed by atoms with Gasteiger partial charge < -0.3 is 15.1 Å². The molecule has 2 aromatic carbocycles. The topological polar surface area (TPSA) is 77.8 Å². The van der Waals surface area contributed by atoms with Crippen molar-refractivity contribution in [3.8, 4) is 5.75 Å². The molecule has 3 rings (SSSR count). The van der Waals surface area contributed by atoms with Gasteiger partial charge in [0.1, 0.15) is 11.5 Å². The number of aromatic hydroxyl groups is 1. The number of amides is 1. The summed E-state index contributed by atoms with van der Waals surface area (Å²) in [5.41, 5.74) is 2.27. The van der Waals surface area contributed by atoms with Gasteiger partial charge in [0.25, 0.3) is 11.7 Å². The van der Waals surface area contributed by atoms with Crippen LogP contribution in [0.15, 0.2) is 54.1 Å². The predicted molar refractivity (Wildman–Crippen MR) is 103 cm³/mol. The van der Waals surface area contributed by atoms with Crippen molar-refractivity contribution in [1.82, 2.24) is 4.90 Å². The van der Waals surface area contributed by atoms with Gasteiger partial charge >= 0.3 is 0 Å². The summed E-state index contributed by atoms with van der Waals surface area (Å²) in [6, 6.07) is 12.8. The van der Waals surface area contributed by atoms with Crippen molar-refractivity contribution in [2.75, 3.05) is 6.54 Å². The summed E-state index contributed by atoms with van der Waals surface area (Å²) in [5, 5.41) is 20.5. The Morgan fingerprint density at radius 1 is 1.04 bits per heavy atom. The minimum Gasteiger partial charge on any atom is -0.508 e. The molecule has 0 radical (unpaired) electrons. The van der Waals surface area contributed by atoms with Crippen LogP contribution < -0.4 is 0 Å². The van der Waals surface area contributed by atoms with Crippen LogP contribution in [0.3, 0.4) is 0 Å². The zero-order chi connectivity index (χ0) is 19.7. The van der Waals surface area contributed by atoms with Crippen molar-refractivity contribution >= 4 is 17.4 Å². The lowest BCUT2D eigenvalue weighted by molar-refractivity contribution is -0.140. The number of hydrogen-bond donors (Lipinski definition) is 2. The van der Waals surface area contributed by atoms with Gasteiger partial charge in [-0.2, -0.15) is 0 Å². The number of Topliss-reactive ketones (excluding diaryl/α,β-unsaturated/α-hetero) is 1. The molecule has 2 N–H and O–H groups in total. The summed E-state index contributed by atoms with van der Waals surface area (Å²) in [6.07, 6.45) is 0.